The number of methoxy groups -OCH3 is 1. The average Bonchev–Trinajstić information content (AvgIpc) is 3.59. The van der Waals surface area contributed by atoms with Crippen molar-refractivity contribution < 1.29 is 19.4 Å². The van der Waals surface area contributed by atoms with E-state index in [0.717, 1.165) is 44.3 Å². The van der Waals surface area contributed by atoms with E-state index in [9.17, 15) is 14.7 Å². The van der Waals surface area contributed by atoms with Crippen LogP contribution in [0, 0.1) is 29.1 Å². The van der Waals surface area contributed by atoms with Crippen molar-refractivity contribution in [2.24, 2.45) is 29.1 Å². The minimum absolute atomic E-state index is 0.00618. The zero-order valence-electron chi connectivity index (χ0n) is 19.8. The third-order valence-corrected chi connectivity index (χ3v) is 8.54. The van der Waals surface area contributed by atoms with Crippen molar-refractivity contribution in [2.45, 2.75) is 77.5 Å². The summed E-state index contributed by atoms with van der Waals surface area (Å²) in [5.74, 6) is 0.668. The highest BCUT2D eigenvalue weighted by atomic mass is 16.5. The molecule has 6 heteroatoms. The monoisotopic (exact) mass is 442 g/mol. The predicted octanol–water partition coefficient (Wildman–Crippen LogP) is 3.53. The van der Waals surface area contributed by atoms with Gasteiger partial charge in [-0.3, -0.25) is 9.59 Å². The van der Waals surface area contributed by atoms with Gasteiger partial charge < -0.3 is 20.5 Å². The Morgan fingerprint density at radius 2 is 1.75 bits per heavy atom. The number of ether oxygens (including phenoxy) is 1. The topological polar surface area (TPSA) is 87.7 Å². The molecule has 0 aromatic heterocycles. The molecule has 6 nitrogen and oxygen atoms in total. The van der Waals surface area contributed by atoms with Crippen LogP contribution in [0.4, 0.5) is 0 Å². The lowest BCUT2D eigenvalue weighted by atomic mass is 9.51. The lowest BCUT2D eigenvalue weighted by molar-refractivity contribution is -0.142. The molecular formula is C26H38N2O4. The van der Waals surface area contributed by atoms with Gasteiger partial charge in [0.05, 0.1) is 13.2 Å². The summed E-state index contributed by atoms with van der Waals surface area (Å²) in [6.45, 7) is 6.40. The number of rotatable bonds is 6. The highest BCUT2D eigenvalue weighted by molar-refractivity contribution is 5.94. The fourth-order valence-corrected chi connectivity index (χ4v) is 6.25. The van der Waals surface area contributed by atoms with Gasteiger partial charge in [0.15, 0.2) is 0 Å². The standard InChI is InChI=1S/C26H38N2O4/c1-15(24(30)27-18-7-8-18)20-11-13-26(3)14-12-21(16(2)22(26)23(20)29)28-25(31)17-5-9-19(32-4)10-6-17/h5-6,9-10,15-16,18,20-23,29H,7-8,11-14H2,1-4H3,(H,27,30)(H,28,31)/t15-,16-,20+,21-,22+,23-,26+/m0/s1. The first kappa shape index (κ1) is 23.1. The second kappa shape index (κ2) is 9.05. The molecule has 0 spiro atoms. The van der Waals surface area contributed by atoms with E-state index in [4.69, 9.17) is 4.74 Å². The van der Waals surface area contributed by atoms with E-state index in [1.54, 1.807) is 31.4 Å². The normalized spacial score (nSPS) is 35.3. The van der Waals surface area contributed by atoms with Gasteiger partial charge in [0.25, 0.3) is 5.91 Å². The molecule has 0 radical (unpaired) electrons. The Morgan fingerprint density at radius 3 is 2.38 bits per heavy atom. The van der Waals surface area contributed by atoms with Gasteiger partial charge in [0.2, 0.25) is 5.91 Å². The van der Waals surface area contributed by atoms with E-state index in [2.05, 4.69) is 24.5 Å². The molecule has 3 fully saturated rings. The molecule has 1 aromatic carbocycles. The molecule has 3 aliphatic carbocycles. The van der Waals surface area contributed by atoms with Gasteiger partial charge in [-0.05, 0) is 86.0 Å². The van der Waals surface area contributed by atoms with E-state index in [1.165, 1.54) is 0 Å². The maximum absolute atomic E-state index is 12.9. The van der Waals surface area contributed by atoms with E-state index >= 15 is 0 Å². The summed E-state index contributed by atoms with van der Waals surface area (Å²) in [6, 6.07) is 7.47. The van der Waals surface area contributed by atoms with Crippen LogP contribution in [0.1, 0.15) is 69.7 Å². The Morgan fingerprint density at radius 1 is 1.09 bits per heavy atom. The minimum atomic E-state index is -0.538. The molecule has 0 aliphatic heterocycles. The Labute approximate surface area is 191 Å². The number of carbonyl (C=O) groups is 2. The second-order valence-electron chi connectivity index (χ2n) is 10.7. The molecule has 32 heavy (non-hydrogen) atoms. The predicted molar refractivity (Wildman–Crippen MR) is 123 cm³/mol. The summed E-state index contributed by atoms with van der Waals surface area (Å²) in [5, 5.41) is 17.8. The lowest BCUT2D eigenvalue weighted by Crippen LogP contribution is -2.58. The SMILES string of the molecule is COc1ccc(C(=O)N[C@H]2CC[C@@]3(C)CC[C@H]([C@H](C)C(=O)NC4CC4)[C@H](O)[C@H]3[C@H]2C)cc1. The van der Waals surface area contributed by atoms with E-state index in [1.807, 2.05) is 6.92 Å². The molecule has 3 aliphatic rings. The number of hydrogen-bond acceptors (Lipinski definition) is 4. The van der Waals surface area contributed by atoms with Crippen LogP contribution in [0.5, 0.6) is 5.75 Å². The Balaban J connectivity index is 1.45. The first-order chi connectivity index (χ1) is 15.2. The van der Waals surface area contributed by atoms with Crippen LogP contribution in [0.2, 0.25) is 0 Å². The van der Waals surface area contributed by atoms with Crippen LogP contribution in [-0.4, -0.2) is 42.2 Å². The molecule has 0 unspecified atom stereocenters. The van der Waals surface area contributed by atoms with E-state index < -0.39 is 6.10 Å². The van der Waals surface area contributed by atoms with Crippen LogP contribution in [0.25, 0.3) is 0 Å². The summed E-state index contributed by atoms with van der Waals surface area (Å²) >= 11 is 0. The average molecular weight is 443 g/mol. The first-order valence-corrected chi connectivity index (χ1v) is 12.2. The first-order valence-electron chi connectivity index (χ1n) is 12.2. The van der Waals surface area contributed by atoms with E-state index in [-0.39, 0.29) is 46.9 Å². The van der Waals surface area contributed by atoms with Crippen LogP contribution < -0.4 is 15.4 Å². The van der Waals surface area contributed by atoms with Gasteiger partial charge in [-0.15, -0.1) is 0 Å². The zero-order valence-corrected chi connectivity index (χ0v) is 19.8. The lowest BCUT2D eigenvalue weighted by Gasteiger charge is -2.56. The van der Waals surface area contributed by atoms with Crippen molar-refractivity contribution in [2.75, 3.05) is 7.11 Å². The Kier molecular flexibility index (Phi) is 6.53. The molecular weight excluding hydrogens is 404 g/mol. The van der Waals surface area contributed by atoms with Crippen molar-refractivity contribution in [3.05, 3.63) is 29.8 Å². The molecule has 3 saturated carbocycles. The Bertz CT molecular complexity index is 837. The molecule has 176 valence electrons. The minimum Gasteiger partial charge on any atom is -0.497 e. The van der Waals surface area contributed by atoms with Crippen LogP contribution in [0.15, 0.2) is 24.3 Å². The number of fused-ring (bicyclic) bond motifs is 1. The number of amides is 2. The number of aliphatic hydroxyl groups excluding tert-OH is 1. The largest absolute Gasteiger partial charge is 0.497 e. The number of benzene rings is 1. The molecule has 0 saturated heterocycles. The van der Waals surface area contributed by atoms with Crippen LogP contribution in [0.3, 0.4) is 0 Å². The summed E-state index contributed by atoms with van der Waals surface area (Å²) in [7, 11) is 1.61. The summed E-state index contributed by atoms with van der Waals surface area (Å²) in [4.78, 5) is 25.6. The molecule has 2 amide bonds. The van der Waals surface area contributed by atoms with Crippen molar-refractivity contribution in [3.8, 4) is 5.75 Å². The van der Waals surface area contributed by atoms with Crippen molar-refractivity contribution in [3.63, 3.8) is 0 Å². The third-order valence-electron chi connectivity index (χ3n) is 8.54. The van der Waals surface area contributed by atoms with Crippen LogP contribution in [-0.2, 0) is 4.79 Å². The number of hydrogen-bond donors (Lipinski definition) is 3. The molecule has 0 heterocycles. The highest BCUT2D eigenvalue weighted by Crippen LogP contribution is 2.55. The van der Waals surface area contributed by atoms with Crippen LogP contribution >= 0.6 is 0 Å². The van der Waals surface area contributed by atoms with Crippen molar-refractivity contribution in [1.82, 2.24) is 10.6 Å². The van der Waals surface area contributed by atoms with Crippen molar-refractivity contribution >= 4 is 11.8 Å². The van der Waals surface area contributed by atoms with Gasteiger partial charge >= 0.3 is 0 Å². The van der Waals surface area contributed by atoms with Gasteiger partial charge in [0, 0.05) is 23.6 Å². The summed E-state index contributed by atoms with van der Waals surface area (Å²) in [5.41, 5.74) is 0.655. The van der Waals surface area contributed by atoms with E-state index in [0.29, 0.717) is 11.6 Å². The van der Waals surface area contributed by atoms with Gasteiger partial charge in [-0.1, -0.05) is 20.8 Å². The molecule has 0 bridgehead atoms. The maximum atomic E-state index is 12.9. The smallest absolute Gasteiger partial charge is 0.251 e. The number of carbonyl (C=O) groups excluding carboxylic acids is 2. The van der Waals surface area contributed by atoms with Gasteiger partial charge in [-0.25, -0.2) is 0 Å². The fraction of sp³-hybridized carbons (Fsp3) is 0.692. The molecule has 3 N–H and O–H groups in total. The summed E-state index contributed by atoms with van der Waals surface area (Å²) in [6.07, 6.45) is 5.38. The Hall–Kier alpha value is -2.08. The third kappa shape index (κ3) is 4.52. The quantitative estimate of drug-likeness (QED) is 0.629. The number of aliphatic hydroxyl groups is 1. The molecule has 1 aromatic rings. The molecule has 7 atom stereocenters. The number of nitrogens with one attached hydrogen (secondary N) is 2. The second-order valence-corrected chi connectivity index (χ2v) is 10.7. The van der Waals surface area contributed by atoms with Gasteiger partial charge in [0.1, 0.15) is 5.75 Å². The maximum Gasteiger partial charge on any atom is 0.251 e. The summed E-state index contributed by atoms with van der Waals surface area (Å²) < 4.78 is 5.18. The zero-order chi connectivity index (χ0) is 23.0. The van der Waals surface area contributed by atoms with Gasteiger partial charge in [-0.2, -0.15) is 0 Å². The van der Waals surface area contributed by atoms with Crippen molar-refractivity contribution in [1.29, 1.82) is 0 Å². The molecule has 4 rings (SSSR count). The highest BCUT2D eigenvalue weighted by Gasteiger charge is 2.54. The fourth-order valence-electron chi connectivity index (χ4n) is 6.25.